The van der Waals surface area contributed by atoms with Crippen molar-refractivity contribution in [2.24, 2.45) is 5.84 Å². The maximum Gasteiger partial charge on any atom is 0.338 e. The lowest BCUT2D eigenvalue weighted by Gasteiger charge is -2.10. The first-order chi connectivity index (χ1) is 8.60. The van der Waals surface area contributed by atoms with Crippen LogP contribution in [0.3, 0.4) is 0 Å². The van der Waals surface area contributed by atoms with E-state index in [9.17, 15) is 4.79 Å². The minimum absolute atomic E-state index is 0.0706. The number of carbonyl (C=O) groups is 2. The van der Waals surface area contributed by atoms with E-state index in [-0.39, 0.29) is 18.5 Å². The first-order valence-corrected chi connectivity index (χ1v) is 5.41. The lowest BCUT2D eigenvalue weighted by molar-refractivity contribution is -0.122. The molecule has 0 spiro atoms. The Morgan fingerprint density at radius 1 is 1.50 bits per heavy atom. The molecule has 1 unspecified atom stereocenters. The monoisotopic (exact) mass is 254 g/mol. The van der Waals surface area contributed by atoms with Crippen molar-refractivity contribution < 1.29 is 19.4 Å². The Morgan fingerprint density at radius 3 is 2.39 bits per heavy atom. The Bertz CT molecular complexity index is 365. The number of carbonyl (C=O) groups excluding carboxylic acids is 1. The number of nitrogens with two attached hydrogens (primary N) is 1. The average Bonchev–Trinajstić information content (AvgIpc) is 2.39. The fraction of sp³-hybridized carbons (Fsp3) is 0.333. The van der Waals surface area contributed by atoms with Gasteiger partial charge in [-0.3, -0.25) is 16.1 Å². The molecule has 0 aliphatic carbocycles. The van der Waals surface area contributed by atoms with E-state index < -0.39 is 0 Å². The summed E-state index contributed by atoms with van der Waals surface area (Å²) >= 11 is 0. The highest BCUT2D eigenvalue weighted by atomic mass is 16.5. The predicted octanol–water partition coefficient (Wildman–Crippen LogP) is 1.09. The van der Waals surface area contributed by atoms with Gasteiger partial charge in [-0.25, -0.2) is 4.79 Å². The highest BCUT2D eigenvalue weighted by Gasteiger charge is 2.07. The van der Waals surface area contributed by atoms with Crippen LogP contribution in [0.1, 0.15) is 35.8 Å². The summed E-state index contributed by atoms with van der Waals surface area (Å²) in [6.45, 7) is 3.87. The van der Waals surface area contributed by atoms with Crippen LogP contribution in [0.2, 0.25) is 0 Å². The zero-order chi connectivity index (χ0) is 14.0. The van der Waals surface area contributed by atoms with Gasteiger partial charge in [-0.05, 0) is 31.5 Å². The Balaban J connectivity index is 0.000000873. The molecular formula is C12H18N2O4. The van der Waals surface area contributed by atoms with Gasteiger partial charge in [0.25, 0.3) is 6.47 Å². The van der Waals surface area contributed by atoms with Crippen LogP contribution in [-0.2, 0) is 9.53 Å². The molecule has 1 aromatic carbocycles. The molecule has 0 radical (unpaired) electrons. The second-order valence-electron chi connectivity index (χ2n) is 3.34. The Hall–Kier alpha value is -1.92. The van der Waals surface area contributed by atoms with Crippen LogP contribution in [0.5, 0.6) is 0 Å². The minimum Gasteiger partial charge on any atom is -0.483 e. The smallest absolute Gasteiger partial charge is 0.338 e. The highest BCUT2D eigenvalue weighted by molar-refractivity contribution is 5.89. The number of benzene rings is 1. The quantitative estimate of drug-likeness (QED) is 0.322. The molecule has 0 aromatic heterocycles. The van der Waals surface area contributed by atoms with Gasteiger partial charge < -0.3 is 9.84 Å². The molecule has 6 heteroatoms. The first kappa shape index (κ1) is 16.1. The predicted molar refractivity (Wildman–Crippen MR) is 66.8 cm³/mol. The molecule has 0 aliphatic heterocycles. The van der Waals surface area contributed by atoms with Crippen molar-refractivity contribution in [1.82, 2.24) is 5.43 Å². The standard InChI is InChI=1S/C11H16N2O2.CH2O2/c1-3-15-11(14)10-6-4-9(5-7-10)8(2)13-12;2-1-3/h4-8,13H,3,12H2,1-2H3;1H,(H,2,3). The van der Waals surface area contributed by atoms with Gasteiger partial charge in [0, 0.05) is 6.04 Å². The van der Waals surface area contributed by atoms with Crippen molar-refractivity contribution in [3.8, 4) is 0 Å². The number of rotatable bonds is 4. The second-order valence-corrected chi connectivity index (χ2v) is 3.34. The number of nitrogens with one attached hydrogen (secondary N) is 1. The second kappa shape index (κ2) is 9.15. The highest BCUT2D eigenvalue weighted by Crippen LogP contribution is 2.12. The third kappa shape index (κ3) is 5.42. The van der Waals surface area contributed by atoms with Crippen LogP contribution in [0, 0.1) is 0 Å². The van der Waals surface area contributed by atoms with Gasteiger partial charge in [0.05, 0.1) is 12.2 Å². The number of hydrazine groups is 1. The van der Waals surface area contributed by atoms with Gasteiger partial charge in [0.2, 0.25) is 0 Å². The molecular weight excluding hydrogens is 236 g/mol. The van der Waals surface area contributed by atoms with Crippen molar-refractivity contribution in [2.45, 2.75) is 19.9 Å². The molecule has 0 amide bonds. The summed E-state index contributed by atoms with van der Waals surface area (Å²) in [5, 5.41) is 6.89. The van der Waals surface area contributed by atoms with Crippen LogP contribution in [0.25, 0.3) is 0 Å². The van der Waals surface area contributed by atoms with Gasteiger partial charge in [0.15, 0.2) is 0 Å². The van der Waals surface area contributed by atoms with E-state index in [1.165, 1.54) is 0 Å². The lowest BCUT2D eigenvalue weighted by atomic mass is 10.1. The molecule has 0 saturated carbocycles. The van der Waals surface area contributed by atoms with Gasteiger partial charge in [-0.15, -0.1) is 0 Å². The van der Waals surface area contributed by atoms with E-state index in [1.807, 2.05) is 19.1 Å². The number of esters is 1. The van der Waals surface area contributed by atoms with Gasteiger partial charge in [-0.2, -0.15) is 0 Å². The molecule has 1 aromatic rings. The summed E-state index contributed by atoms with van der Waals surface area (Å²) in [7, 11) is 0. The lowest BCUT2D eigenvalue weighted by Crippen LogP contribution is -2.25. The summed E-state index contributed by atoms with van der Waals surface area (Å²) in [4.78, 5) is 19.7. The normalized spacial score (nSPS) is 10.8. The van der Waals surface area contributed by atoms with E-state index in [2.05, 4.69) is 5.43 Å². The molecule has 0 saturated heterocycles. The van der Waals surface area contributed by atoms with Crippen LogP contribution >= 0.6 is 0 Å². The Labute approximate surface area is 106 Å². The third-order valence-electron chi connectivity index (χ3n) is 2.17. The zero-order valence-electron chi connectivity index (χ0n) is 10.4. The summed E-state index contributed by atoms with van der Waals surface area (Å²) < 4.78 is 4.88. The summed E-state index contributed by atoms with van der Waals surface area (Å²) in [5.74, 6) is 5.01. The van der Waals surface area contributed by atoms with E-state index in [4.69, 9.17) is 20.5 Å². The molecule has 0 aliphatic rings. The van der Waals surface area contributed by atoms with Gasteiger partial charge >= 0.3 is 5.97 Å². The van der Waals surface area contributed by atoms with E-state index in [1.54, 1.807) is 19.1 Å². The molecule has 0 heterocycles. The fourth-order valence-corrected chi connectivity index (χ4v) is 1.22. The first-order valence-electron chi connectivity index (χ1n) is 5.41. The average molecular weight is 254 g/mol. The summed E-state index contributed by atoms with van der Waals surface area (Å²) in [6, 6.07) is 7.26. The molecule has 0 fully saturated rings. The third-order valence-corrected chi connectivity index (χ3v) is 2.17. The largest absolute Gasteiger partial charge is 0.483 e. The van der Waals surface area contributed by atoms with Crippen LogP contribution < -0.4 is 11.3 Å². The number of hydrogen-bond donors (Lipinski definition) is 3. The van der Waals surface area contributed by atoms with Gasteiger partial charge in [-0.1, -0.05) is 12.1 Å². The van der Waals surface area contributed by atoms with Crippen molar-refractivity contribution >= 4 is 12.4 Å². The van der Waals surface area contributed by atoms with Crippen molar-refractivity contribution in [1.29, 1.82) is 0 Å². The number of carboxylic acid groups (broad SMARTS) is 1. The molecule has 6 nitrogen and oxygen atoms in total. The number of hydrogen-bond acceptors (Lipinski definition) is 5. The van der Waals surface area contributed by atoms with Crippen molar-refractivity contribution in [3.63, 3.8) is 0 Å². The maximum atomic E-state index is 11.3. The molecule has 0 bridgehead atoms. The minimum atomic E-state index is -0.294. The van der Waals surface area contributed by atoms with E-state index in [0.717, 1.165) is 5.56 Å². The van der Waals surface area contributed by atoms with Crippen molar-refractivity contribution in [3.05, 3.63) is 35.4 Å². The molecule has 1 atom stereocenters. The van der Waals surface area contributed by atoms with E-state index >= 15 is 0 Å². The maximum absolute atomic E-state index is 11.3. The SMILES string of the molecule is CCOC(=O)c1ccc(C(C)NN)cc1.O=CO. The van der Waals surface area contributed by atoms with Crippen LogP contribution in [-0.4, -0.2) is 24.2 Å². The number of ether oxygens (including phenoxy) is 1. The Morgan fingerprint density at radius 2 is 2.00 bits per heavy atom. The van der Waals surface area contributed by atoms with Gasteiger partial charge in [0.1, 0.15) is 0 Å². The van der Waals surface area contributed by atoms with Crippen LogP contribution in [0.4, 0.5) is 0 Å². The zero-order valence-corrected chi connectivity index (χ0v) is 10.4. The molecule has 1 rings (SSSR count). The summed E-state index contributed by atoms with van der Waals surface area (Å²) in [5.41, 5.74) is 4.23. The van der Waals surface area contributed by atoms with Crippen LogP contribution in [0.15, 0.2) is 24.3 Å². The Kier molecular flexibility index (Phi) is 8.17. The fourth-order valence-electron chi connectivity index (χ4n) is 1.22. The van der Waals surface area contributed by atoms with Crippen molar-refractivity contribution in [2.75, 3.05) is 6.61 Å². The molecule has 100 valence electrons. The van der Waals surface area contributed by atoms with E-state index in [0.29, 0.717) is 12.2 Å². The molecule has 18 heavy (non-hydrogen) atoms. The summed E-state index contributed by atoms with van der Waals surface area (Å²) in [6.07, 6.45) is 0. The molecule has 4 N–H and O–H groups in total. The topological polar surface area (TPSA) is 102 Å².